The molecule has 4 nitrogen and oxygen atoms in total. The number of carbonyl (C=O) groups excluding carboxylic acids is 1. The molecule has 0 saturated heterocycles. The summed E-state index contributed by atoms with van der Waals surface area (Å²) in [5, 5.41) is 8.45. The van der Waals surface area contributed by atoms with E-state index in [0.29, 0.717) is 19.4 Å². The highest BCUT2D eigenvalue weighted by Gasteiger charge is 2.22. The van der Waals surface area contributed by atoms with Gasteiger partial charge in [-0.3, -0.25) is 4.79 Å². The average Bonchev–Trinajstić information content (AvgIpc) is 2.38. The Morgan fingerprint density at radius 3 is 2.63 bits per heavy atom. The van der Waals surface area contributed by atoms with Crippen LogP contribution in [0.3, 0.4) is 0 Å². The van der Waals surface area contributed by atoms with E-state index in [0.717, 1.165) is 22.5 Å². The van der Waals surface area contributed by atoms with Gasteiger partial charge in [0.15, 0.2) is 0 Å². The van der Waals surface area contributed by atoms with E-state index >= 15 is 0 Å². The van der Waals surface area contributed by atoms with Crippen LogP contribution in [0.15, 0.2) is 22.1 Å². The molecule has 5 heteroatoms. The van der Waals surface area contributed by atoms with Crippen molar-refractivity contribution < 1.29 is 19.4 Å². The monoisotopic (exact) mass is 284 g/mol. The van der Waals surface area contributed by atoms with Crippen molar-refractivity contribution in [1.82, 2.24) is 0 Å². The maximum Gasteiger partial charge on any atom is 0.334 e. The molecule has 0 spiro atoms. The molecule has 1 unspecified atom stereocenters. The van der Waals surface area contributed by atoms with Gasteiger partial charge in [0, 0.05) is 5.57 Å². The van der Waals surface area contributed by atoms with E-state index in [4.69, 9.17) is 9.84 Å². The van der Waals surface area contributed by atoms with Crippen molar-refractivity contribution in [2.24, 2.45) is 0 Å². The summed E-state index contributed by atoms with van der Waals surface area (Å²) in [4.78, 5) is 23.7. The lowest BCUT2D eigenvalue weighted by molar-refractivity contribution is -0.139. The Morgan fingerprint density at radius 2 is 2.11 bits per heavy atom. The predicted molar refractivity (Wildman–Crippen MR) is 76.0 cm³/mol. The molecule has 1 rings (SSSR count). The number of aliphatic carboxylic acids is 1. The molecule has 0 fully saturated rings. The molecule has 0 saturated carbocycles. The third-order valence-electron chi connectivity index (χ3n) is 2.92. The maximum atomic E-state index is 11.8. The van der Waals surface area contributed by atoms with E-state index in [-0.39, 0.29) is 5.97 Å². The zero-order valence-corrected chi connectivity index (χ0v) is 12.4. The second-order valence-electron chi connectivity index (χ2n) is 4.29. The van der Waals surface area contributed by atoms with Crippen molar-refractivity contribution in [3.8, 4) is 0 Å². The van der Waals surface area contributed by atoms with Gasteiger partial charge in [-0.2, -0.15) is 0 Å². The Balaban J connectivity index is 2.86. The van der Waals surface area contributed by atoms with Crippen molar-refractivity contribution in [3.63, 3.8) is 0 Å². The van der Waals surface area contributed by atoms with Gasteiger partial charge in [-0.25, -0.2) is 4.79 Å². The minimum Gasteiger partial charge on any atom is -0.480 e. The molecule has 1 atom stereocenters. The van der Waals surface area contributed by atoms with Crippen LogP contribution in [0.4, 0.5) is 0 Å². The normalized spacial score (nSPS) is 16.9. The third kappa shape index (κ3) is 4.42. The summed E-state index contributed by atoms with van der Waals surface area (Å²) in [6.07, 6.45) is 4.03. The van der Waals surface area contributed by atoms with Crippen molar-refractivity contribution in [2.75, 3.05) is 6.61 Å². The summed E-state index contributed by atoms with van der Waals surface area (Å²) in [6.45, 7) is 5.82. The topological polar surface area (TPSA) is 63.6 Å². The summed E-state index contributed by atoms with van der Waals surface area (Å²) in [7, 11) is 0. The van der Waals surface area contributed by atoms with E-state index in [1.807, 2.05) is 13.0 Å². The number of esters is 1. The van der Waals surface area contributed by atoms with Crippen molar-refractivity contribution in [2.45, 2.75) is 45.3 Å². The van der Waals surface area contributed by atoms with Crippen LogP contribution >= 0.6 is 11.8 Å². The van der Waals surface area contributed by atoms with Crippen LogP contribution < -0.4 is 0 Å². The quantitative estimate of drug-likeness (QED) is 0.759. The van der Waals surface area contributed by atoms with E-state index < -0.39 is 11.2 Å². The van der Waals surface area contributed by atoms with Crippen LogP contribution in [0.1, 0.15) is 40.0 Å². The molecule has 19 heavy (non-hydrogen) atoms. The Kier molecular flexibility index (Phi) is 6.15. The number of hydrogen-bond donors (Lipinski definition) is 1. The Hall–Kier alpha value is -1.23. The molecule has 1 N–H and O–H groups in total. The lowest BCUT2D eigenvalue weighted by Crippen LogP contribution is -2.15. The second-order valence-corrected chi connectivity index (χ2v) is 5.75. The largest absolute Gasteiger partial charge is 0.480 e. The van der Waals surface area contributed by atoms with Crippen LogP contribution in [0, 0.1) is 0 Å². The van der Waals surface area contributed by atoms with Crippen LogP contribution in [0.2, 0.25) is 0 Å². The van der Waals surface area contributed by atoms with Gasteiger partial charge in [0.2, 0.25) is 0 Å². The standard InChI is InChI=1S/C14H20O4S/c1-4-10-8-11(19-9(3)13(15)16)6-7-12(10)14(17)18-5-2/h8-9H,4-7H2,1-3H3,(H,15,16). The van der Waals surface area contributed by atoms with Crippen LogP contribution in [-0.4, -0.2) is 28.9 Å². The van der Waals surface area contributed by atoms with Gasteiger partial charge in [0.05, 0.1) is 6.61 Å². The molecular formula is C14H20O4S. The average molecular weight is 284 g/mol. The fraction of sp³-hybridized carbons (Fsp3) is 0.571. The van der Waals surface area contributed by atoms with Gasteiger partial charge < -0.3 is 9.84 Å². The Labute approximate surface area is 117 Å². The van der Waals surface area contributed by atoms with Crippen LogP contribution in [0.25, 0.3) is 0 Å². The molecule has 1 aliphatic rings. The highest BCUT2D eigenvalue weighted by atomic mass is 32.2. The molecule has 106 valence electrons. The molecule has 0 aliphatic heterocycles. The van der Waals surface area contributed by atoms with Gasteiger partial charge in [-0.1, -0.05) is 6.92 Å². The zero-order valence-electron chi connectivity index (χ0n) is 11.6. The minimum atomic E-state index is -0.816. The van der Waals surface area contributed by atoms with Gasteiger partial charge in [0.1, 0.15) is 5.25 Å². The van der Waals surface area contributed by atoms with E-state index in [1.54, 1.807) is 13.8 Å². The van der Waals surface area contributed by atoms with Gasteiger partial charge in [-0.05, 0) is 49.7 Å². The number of allylic oxidation sites excluding steroid dienone is 3. The maximum absolute atomic E-state index is 11.8. The summed E-state index contributed by atoms with van der Waals surface area (Å²) in [6, 6.07) is 0. The van der Waals surface area contributed by atoms with Crippen molar-refractivity contribution in [1.29, 1.82) is 0 Å². The molecule has 1 aliphatic carbocycles. The van der Waals surface area contributed by atoms with Gasteiger partial charge >= 0.3 is 11.9 Å². The molecule has 0 radical (unpaired) electrons. The van der Waals surface area contributed by atoms with Gasteiger partial charge in [-0.15, -0.1) is 11.8 Å². The minimum absolute atomic E-state index is 0.245. The Morgan fingerprint density at radius 1 is 1.42 bits per heavy atom. The second kappa shape index (κ2) is 7.38. The first-order valence-electron chi connectivity index (χ1n) is 6.48. The number of hydrogen-bond acceptors (Lipinski definition) is 4. The SMILES string of the molecule is CCOC(=O)C1=C(CC)C=C(SC(C)C(=O)O)CC1. The number of ether oxygens (including phenoxy) is 1. The fourth-order valence-electron chi connectivity index (χ4n) is 1.90. The molecular weight excluding hydrogens is 264 g/mol. The van der Waals surface area contributed by atoms with E-state index in [1.165, 1.54) is 11.8 Å². The van der Waals surface area contributed by atoms with Crippen molar-refractivity contribution >= 4 is 23.7 Å². The third-order valence-corrected chi connectivity index (χ3v) is 4.10. The summed E-state index contributed by atoms with van der Waals surface area (Å²) in [5.74, 6) is -1.06. The van der Waals surface area contributed by atoms with E-state index in [9.17, 15) is 9.59 Å². The van der Waals surface area contributed by atoms with E-state index in [2.05, 4.69) is 0 Å². The number of carboxylic acid groups (broad SMARTS) is 1. The van der Waals surface area contributed by atoms with Crippen LogP contribution in [0.5, 0.6) is 0 Å². The highest BCUT2D eigenvalue weighted by molar-refractivity contribution is 8.04. The molecule has 0 heterocycles. The van der Waals surface area contributed by atoms with Gasteiger partial charge in [0.25, 0.3) is 0 Å². The number of carboxylic acids is 1. The Bertz CT molecular complexity index is 423. The fourth-order valence-corrected chi connectivity index (χ4v) is 2.88. The molecule has 0 aromatic carbocycles. The summed E-state index contributed by atoms with van der Waals surface area (Å²) in [5.41, 5.74) is 1.70. The summed E-state index contributed by atoms with van der Waals surface area (Å²) < 4.78 is 5.04. The molecule has 0 aromatic heterocycles. The number of carbonyl (C=O) groups is 2. The number of thioether (sulfide) groups is 1. The first kappa shape index (κ1) is 15.8. The molecule has 0 amide bonds. The number of rotatable bonds is 6. The highest BCUT2D eigenvalue weighted by Crippen LogP contribution is 2.34. The molecule has 0 aromatic rings. The van der Waals surface area contributed by atoms with Crippen molar-refractivity contribution in [3.05, 3.63) is 22.1 Å². The first-order chi connectivity index (χ1) is 8.99. The smallest absolute Gasteiger partial charge is 0.334 e. The zero-order chi connectivity index (χ0) is 14.4. The molecule has 0 bridgehead atoms. The lowest BCUT2D eigenvalue weighted by atomic mass is 9.96. The van der Waals surface area contributed by atoms with Crippen LogP contribution in [-0.2, 0) is 14.3 Å². The first-order valence-corrected chi connectivity index (χ1v) is 7.36. The lowest BCUT2D eigenvalue weighted by Gasteiger charge is -2.19. The summed E-state index contributed by atoms with van der Waals surface area (Å²) >= 11 is 1.35. The predicted octanol–water partition coefficient (Wildman–Crippen LogP) is 3.14.